The molecule has 0 radical (unpaired) electrons. The number of hydrogen-bond donors (Lipinski definition) is 1. The molecule has 108 valence electrons. The molecule has 1 saturated heterocycles. The number of hydrogen-bond acceptors (Lipinski definition) is 4. The maximum Gasteiger partial charge on any atom is 0.107 e. The van der Waals surface area contributed by atoms with Gasteiger partial charge in [0, 0.05) is 29.2 Å². The molecule has 3 nitrogen and oxygen atoms in total. The van der Waals surface area contributed by atoms with Crippen LogP contribution in [0.4, 0.5) is 0 Å². The molecule has 2 heterocycles. The van der Waals surface area contributed by atoms with Crippen molar-refractivity contribution in [3.63, 3.8) is 0 Å². The maximum absolute atomic E-state index is 4.63. The summed E-state index contributed by atoms with van der Waals surface area (Å²) in [5, 5.41) is 7.20. The summed E-state index contributed by atoms with van der Waals surface area (Å²) >= 11 is 1.79. The number of aryl methyl sites for hydroxylation is 1. The molecule has 1 aromatic rings. The van der Waals surface area contributed by atoms with Crippen molar-refractivity contribution in [2.75, 3.05) is 13.1 Å². The van der Waals surface area contributed by atoms with E-state index in [0.29, 0.717) is 6.04 Å². The maximum atomic E-state index is 4.63. The average Bonchev–Trinajstić information content (AvgIpc) is 2.74. The standard InChI is InChI=1S/C15H27N3S/c1-5-15(6-2)11-18(13(4)7-8-16-15)9-14-17-12(3)10-19-14/h10,13,16H,5-9,11H2,1-4H3. The largest absolute Gasteiger partial charge is 0.310 e. The lowest BCUT2D eigenvalue weighted by Crippen LogP contribution is -2.51. The Morgan fingerprint density at radius 3 is 2.79 bits per heavy atom. The topological polar surface area (TPSA) is 28.2 Å². The van der Waals surface area contributed by atoms with E-state index >= 15 is 0 Å². The zero-order valence-electron chi connectivity index (χ0n) is 12.7. The van der Waals surface area contributed by atoms with E-state index in [4.69, 9.17) is 0 Å². The number of nitrogens with zero attached hydrogens (tertiary/aromatic N) is 2. The molecule has 1 aromatic heterocycles. The predicted molar refractivity (Wildman–Crippen MR) is 82.7 cm³/mol. The highest BCUT2D eigenvalue weighted by Gasteiger charge is 2.33. The van der Waals surface area contributed by atoms with Crippen molar-refractivity contribution < 1.29 is 0 Å². The highest BCUT2D eigenvalue weighted by molar-refractivity contribution is 7.09. The van der Waals surface area contributed by atoms with Gasteiger partial charge in [0.05, 0.1) is 6.54 Å². The first kappa shape index (κ1) is 14.9. The van der Waals surface area contributed by atoms with E-state index in [1.54, 1.807) is 11.3 Å². The summed E-state index contributed by atoms with van der Waals surface area (Å²) < 4.78 is 0. The number of thiazole rings is 1. The van der Waals surface area contributed by atoms with Crippen LogP contribution in [-0.2, 0) is 6.54 Å². The Labute approximate surface area is 121 Å². The molecule has 1 atom stereocenters. The minimum atomic E-state index is 0.289. The van der Waals surface area contributed by atoms with Crippen LogP contribution in [0.3, 0.4) is 0 Å². The second-order valence-corrected chi connectivity index (χ2v) is 6.78. The number of aromatic nitrogens is 1. The zero-order valence-corrected chi connectivity index (χ0v) is 13.5. The Morgan fingerprint density at radius 2 is 2.21 bits per heavy atom. The second kappa shape index (κ2) is 6.33. The summed E-state index contributed by atoms with van der Waals surface area (Å²) in [5.41, 5.74) is 1.44. The Morgan fingerprint density at radius 1 is 1.47 bits per heavy atom. The molecular weight excluding hydrogens is 254 g/mol. The zero-order chi connectivity index (χ0) is 13.9. The van der Waals surface area contributed by atoms with Crippen LogP contribution in [0.15, 0.2) is 5.38 Å². The van der Waals surface area contributed by atoms with E-state index in [0.717, 1.165) is 25.3 Å². The molecule has 0 saturated carbocycles. The highest BCUT2D eigenvalue weighted by Crippen LogP contribution is 2.24. The number of nitrogens with one attached hydrogen (secondary N) is 1. The van der Waals surface area contributed by atoms with Crippen molar-refractivity contribution in [1.82, 2.24) is 15.2 Å². The summed E-state index contributed by atoms with van der Waals surface area (Å²) in [6.07, 6.45) is 3.62. The summed E-state index contributed by atoms with van der Waals surface area (Å²) in [5.74, 6) is 0. The lowest BCUT2D eigenvalue weighted by atomic mass is 9.92. The lowest BCUT2D eigenvalue weighted by Gasteiger charge is -2.36. The van der Waals surface area contributed by atoms with E-state index in [2.05, 4.69) is 48.3 Å². The molecule has 0 amide bonds. The van der Waals surface area contributed by atoms with Crippen LogP contribution >= 0.6 is 11.3 Å². The van der Waals surface area contributed by atoms with Gasteiger partial charge in [0.2, 0.25) is 0 Å². The molecule has 0 aliphatic carbocycles. The smallest absolute Gasteiger partial charge is 0.107 e. The first-order valence-electron chi connectivity index (χ1n) is 7.48. The van der Waals surface area contributed by atoms with Gasteiger partial charge in [-0.2, -0.15) is 0 Å². The first-order valence-corrected chi connectivity index (χ1v) is 8.36. The summed E-state index contributed by atoms with van der Waals surface area (Å²) in [4.78, 5) is 7.24. The van der Waals surface area contributed by atoms with Crippen molar-refractivity contribution >= 4 is 11.3 Å². The van der Waals surface area contributed by atoms with E-state index in [9.17, 15) is 0 Å². The van der Waals surface area contributed by atoms with Crippen molar-refractivity contribution in [3.8, 4) is 0 Å². The van der Waals surface area contributed by atoms with Crippen LogP contribution in [0.5, 0.6) is 0 Å². The molecule has 2 rings (SSSR count). The molecule has 1 fully saturated rings. The molecule has 19 heavy (non-hydrogen) atoms. The van der Waals surface area contributed by atoms with E-state index in [1.165, 1.54) is 24.3 Å². The van der Waals surface area contributed by atoms with Gasteiger partial charge in [-0.1, -0.05) is 13.8 Å². The number of rotatable bonds is 4. The normalized spacial score (nSPS) is 24.3. The van der Waals surface area contributed by atoms with Gasteiger partial charge in [0.1, 0.15) is 5.01 Å². The third-order valence-corrected chi connectivity index (χ3v) is 5.50. The fraction of sp³-hybridized carbons (Fsp3) is 0.800. The van der Waals surface area contributed by atoms with Gasteiger partial charge in [0.15, 0.2) is 0 Å². The Balaban J connectivity index is 2.11. The Kier molecular flexibility index (Phi) is 4.98. The van der Waals surface area contributed by atoms with Gasteiger partial charge in [-0.3, -0.25) is 4.90 Å². The van der Waals surface area contributed by atoms with E-state index in [1.807, 2.05) is 0 Å². The van der Waals surface area contributed by atoms with Gasteiger partial charge < -0.3 is 5.32 Å². The van der Waals surface area contributed by atoms with E-state index < -0.39 is 0 Å². The Hall–Kier alpha value is -0.450. The minimum absolute atomic E-state index is 0.289. The van der Waals surface area contributed by atoms with Crippen LogP contribution in [0.25, 0.3) is 0 Å². The predicted octanol–water partition coefficient (Wildman–Crippen LogP) is 3.19. The summed E-state index contributed by atoms with van der Waals surface area (Å²) in [6.45, 7) is 12.3. The van der Waals surface area contributed by atoms with Gasteiger partial charge in [-0.25, -0.2) is 4.98 Å². The molecule has 0 aromatic carbocycles. The van der Waals surface area contributed by atoms with Crippen molar-refractivity contribution in [2.24, 2.45) is 0 Å². The Bertz CT molecular complexity index is 398. The summed E-state index contributed by atoms with van der Waals surface area (Å²) in [7, 11) is 0. The fourth-order valence-corrected chi connectivity index (χ4v) is 3.71. The molecule has 1 N–H and O–H groups in total. The quantitative estimate of drug-likeness (QED) is 0.918. The summed E-state index contributed by atoms with van der Waals surface area (Å²) in [6, 6.07) is 0.636. The van der Waals surface area contributed by atoms with Crippen molar-refractivity contribution in [3.05, 3.63) is 16.1 Å². The lowest BCUT2D eigenvalue weighted by molar-refractivity contribution is 0.152. The fourth-order valence-electron chi connectivity index (χ4n) is 2.91. The second-order valence-electron chi connectivity index (χ2n) is 5.84. The molecule has 1 aliphatic rings. The first-order chi connectivity index (χ1) is 9.08. The molecule has 0 bridgehead atoms. The monoisotopic (exact) mass is 281 g/mol. The highest BCUT2D eigenvalue weighted by atomic mass is 32.1. The minimum Gasteiger partial charge on any atom is -0.310 e. The van der Waals surface area contributed by atoms with Gasteiger partial charge >= 0.3 is 0 Å². The average molecular weight is 281 g/mol. The van der Waals surface area contributed by atoms with Crippen LogP contribution in [0.2, 0.25) is 0 Å². The molecule has 4 heteroatoms. The van der Waals surface area contributed by atoms with Gasteiger partial charge in [-0.05, 0) is 39.7 Å². The van der Waals surface area contributed by atoms with Gasteiger partial charge in [0.25, 0.3) is 0 Å². The molecule has 1 unspecified atom stereocenters. The van der Waals surface area contributed by atoms with E-state index in [-0.39, 0.29) is 5.54 Å². The molecular formula is C15H27N3S. The third-order valence-electron chi connectivity index (χ3n) is 4.55. The van der Waals surface area contributed by atoms with Crippen LogP contribution in [0, 0.1) is 6.92 Å². The van der Waals surface area contributed by atoms with Crippen molar-refractivity contribution in [1.29, 1.82) is 0 Å². The van der Waals surface area contributed by atoms with Gasteiger partial charge in [-0.15, -0.1) is 11.3 Å². The molecule has 1 aliphatic heterocycles. The van der Waals surface area contributed by atoms with Crippen molar-refractivity contribution in [2.45, 2.75) is 65.1 Å². The third kappa shape index (κ3) is 3.56. The molecule has 0 spiro atoms. The van der Waals surface area contributed by atoms with Crippen LogP contribution in [-0.4, -0.2) is 34.6 Å². The van der Waals surface area contributed by atoms with Crippen LogP contribution in [0.1, 0.15) is 50.7 Å². The SMILES string of the molecule is CCC1(CC)CN(Cc2nc(C)cs2)C(C)CCN1. The van der Waals surface area contributed by atoms with Crippen LogP contribution < -0.4 is 5.32 Å².